The summed E-state index contributed by atoms with van der Waals surface area (Å²) >= 11 is 11.8. The van der Waals surface area contributed by atoms with Crippen LogP contribution >= 0.6 is 23.2 Å². The number of amides is 1. The van der Waals surface area contributed by atoms with Gasteiger partial charge in [-0.3, -0.25) is 4.79 Å². The Kier molecular flexibility index (Phi) is 3.35. The smallest absolute Gasteiger partial charge is 0.251 e. The molecule has 1 aromatic carbocycles. The van der Waals surface area contributed by atoms with Crippen LogP contribution in [0.15, 0.2) is 12.1 Å². The number of nitrogens with one attached hydrogen (secondary N) is 1. The van der Waals surface area contributed by atoms with E-state index < -0.39 is 0 Å². The standard InChI is InChI=1S/C14H16Cl2N2O/c15-10-5-9(6-11(17)13(10)16)14(19)18-12-4-7-1-2-8(12)3-7/h5-8,12H,1-4,17H2,(H,18,19). The van der Waals surface area contributed by atoms with Gasteiger partial charge in [0.15, 0.2) is 0 Å². The molecule has 5 heteroatoms. The van der Waals surface area contributed by atoms with E-state index in [4.69, 9.17) is 28.9 Å². The van der Waals surface area contributed by atoms with Crippen LogP contribution in [-0.4, -0.2) is 11.9 Å². The molecule has 3 rings (SSSR count). The summed E-state index contributed by atoms with van der Waals surface area (Å²) in [5.41, 5.74) is 6.55. The second-order valence-electron chi connectivity index (χ2n) is 5.62. The summed E-state index contributed by atoms with van der Waals surface area (Å²) in [5, 5.41) is 3.73. The number of anilines is 1. The molecule has 3 N–H and O–H groups in total. The molecule has 0 heterocycles. The molecule has 0 aliphatic heterocycles. The van der Waals surface area contributed by atoms with Crippen LogP contribution < -0.4 is 11.1 Å². The number of nitrogens with two attached hydrogens (primary N) is 1. The Morgan fingerprint density at radius 2 is 2.05 bits per heavy atom. The van der Waals surface area contributed by atoms with Crippen molar-refractivity contribution >= 4 is 34.8 Å². The van der Waals surface area contributed by atoms with Crippen LogP contribution in [0.4, 0.5) is 5.69 Å². The number of rotatable bonds is 2. The van der Waals surface area contributed by atoms with Crippen LogP contribution in [0.1, 0.15) is 36.0 Å². The van der Waals surface area contributed by atoms with Crippen molar-refractivity contribution in [2.45, 2.75) is 31.7 Å². The first-order valence-electron chi connectivity index (χ1n) is 6.60. The number of hydrogen-bond acceptors (Lipinski definition) is 2. The summed E-state index contributed by atoms with van der Waals surface area (Å²) in [4.78, 5) is 12.2. The molecule has 1 aromatic rings. The first-order valence-corrected chi connectivity index (χ1v) is 7.35. The monoisotopic (exact) mass is 298 g/mol. The minimum atomic E-state index is -0.109. The van der Waals surface area contributed by atoms with Gasteiger partial charge in [-0.05, 0) is 43.2 Å². The van der Waals surface area contributed by atoms with E-state index in [1.54, 1.807) is 12.1 Å². The van der Waals surface area contributed by atoms with Gasteiger partial charge in [-0.25, -0.2) is 0 Å². The van der Waals surface area contributed by atoms with E-state index in [9.17, 15) is 4.79 Å². The Hall–Kier alpha value is -0.930. The summed E-state index contributed by atoms with van der Waals surface area (Å²) in [5.74, 6) is 1.34. The topological polar surface area (TPSA) is 55.1 Å². The van der Waals surface area contributed by atoms with Crippen molar-refractivity contribution in [3.8, 4) is 0 Å². The second-order valence-corrected chi connectivity index (χ2v) is 6.40. The Bertz CT molecular complexity index is 509. The Labute approximate surface area is 122 Å². The van der Waals surface area contributed by atoms with Gasteiger partial charge in [0.25, 0.3) is 5.91 Å². The zero-order valence-corrected chi connectivity index (χ0v) is 12.0. The molecule has 3 atom stereocenters. The number of halogens is 2. The van der Waals surface area contributed by atoms with Crippen LogP contribution in [0.2, 0.25) is 10.0 Å². The molecule has 2 aliphatic carbocycles. The van der Waals surface area contributed by atoms with E-state index in [1.165, 1.54) is 19.3 Å². The average Bonchev–Trinajstić information content (AvgIpc) is 2.97. The number of carbonyl (C=O) groups excluding carboxylic acids is 1. The van der Waals surface area contributed by atoms with Gasteiger partial charge in [0, 0.05) is 11.6 Å². The number of nitrogen functional groups attached to an aromatic ring is 1. The molecule has 102 valence electrons. The molecule has 19 heavy (non-hydrogen) atoms. The van der Waals surface area contributed by atoms with Gasteiger partial charge in [0.1, 0.15) is 0 Å². The van der Waals surface area contributed by atoms with Crippen molar-refractivity contribution in [2.24, 2.45) is 11.8 Å². The molecular formula is C14H16Cl2N2O. The van der Waals surface area contributed by atoms with E-state index in [0.29, 0.717) is 33.3 Å². The third-order valence-corrected chi connectivity index (χ3v) is 5.19. The maximum Gasteiger partial charge on any atom is 0.251 e. The van der Waals surface area contributed by atoms with Crippen LogP contribution in [-0.2, 0) is 0 Å². The first kappa shape index (κ1) is 13.1. The maximum absolute atomic E-state index is 12.2. The molecule has 0 saturated heterocycles. The van der Waals surface area contributed by atoms with Crippen LogP contribution in [0.5, 0.6) is 0 Å². The molecular weight excluding hydrogens is 283 g/mol. The number of fused-ring (bicyclic) bond motifs is 2. The lowest BCUT2D eigenvalue weighted by atomic mass is 9.95. The van der Waals surface area contributed by atoms with Crippen molar-refractivity contribution in [1.82, 2.24) is 5.32 Å². The zero-order chi connectivity index (χ0) is 13.6. The lowest BCUT2D eigenvalue weighted by Gasteiger charge is -2.23. The first-order chi connectivity index (χ1) is 9.04. The Morgan fingerprint density at radius 3 is 2.63 bits per heavy atom. The van der Waals surface area contributed by atoms with E-state index in [1.807, 2.05) is 0 Å². The van der Waals surface area contributed by atoms with Gasteiger partial charge in [-0.1, -0.05) is 29.6 Å². The molecule has 0 spiro atoms. The predicted molar refractivity (Wildman–Crippen MR) is 77.6 cm³/mol. The van der Waals surface area contributed by atoms with Gasteiger partial charge < -0.3 is 11.1 Å². The van der Waals surface area contributed by atoms with Crippen LogP contribution in [0, 0.1) is 11.8 Å². The summed E-state index contributed by atoms with van der Waals surface area (Å²) in [6.45, 7) is 0. The number of carbonyl (C=O) groups is 1. The maximum atomic E-state index is 12.2. The highest BCUT2D eigenvalue weighted by Crippen LogP contribution is 2.44. The fourth-order valence-corrected chi connectivity index (χ4v) is 3.75. The van der Waals surface area contributed by atoms with Crippen molar-refractivity contribution in [3.63, 3.8) is 0 Å². The summed E-state index contributed by atoms with van der Waals surface area (Å²) in [7, 11) is 0. The lowest BCUT2D eigenvalue weighted by Crippen LogP contribution is -2.38. The fourth-order valence-electron chi connectivity index (χ4n) is 3.41. The van der Waals surface area contributed by atoms with E-state index >= 15 is 0 Å². The molecule has 2 fully saturated rings. The summed E-state index contributed by atoms with van der Waals surface area (Å²) in [6.07, 6.45) is 4.91. The highest BCUT2D eigenvalue weighted by molar-refractivity contribution is 6.43. The zero-order valence-electron chi connectivity index (χ0n) is 10.5. The normalized spacial score (nSPS) is 28.6. The van der Waals surface area contributed by atoms with E-state index in [0.717, 1.165) is 12.3 Å². The van der Waals surface area contributed by atoms with Crippen molar-refractivity contribution in [3.05, 3.63) is 27.7 Å². The minimum Gasteiger partial charge on any atom is -0.397 e. The molecule has 2 saturated carbocycles. The molecule has 0 aromatic heterocycles. The molecule has 0 radical (unpaired) electrons. The average molecular weight is 299 g/mol. The SMILES string of the molecule is Nc1cc(C(=O)NC2CC3CCC2C3)cc(Cl)c1Cl. The van der Waals surface area contributed by atoms with Crippen LogP contribution in [0.3, 0.4) is 0 Å². The van der Waals surface area contributed by atoms with Crippen molar-refractivity contribution in [2.75, 3.05) is 5.73 Å². The minimum absolute atomic E-state index is 0.109. The number of hydrogen-bond donors (Lipinski definition) is 2. The highest BCUT2D eigenvalue weighted by Gasteiger charge is 2.40. The van der Waals surface area contributed by atoms with Gasteiger partial charge in [0.05, 0.1) is 15.7 Å². The Balaban J connectivity index is 1.74. The third-order valence-electron chi connectivity index (χ3n) is 4.37. The Morgan fingerprint density at radius 1 is 1.26 bits per heavy atom. The summed E-state index contributed by atoms with van der Waals surface area (Å²) < 4.78 is 0. The number of benzene rings is 1. The third kappa shape index (κ3) is 2.41. The molecule has 3 nitrogen and oxygen atoms in total. The fraction of sp³-hybridized carbons (Fsp3) is 0.500. The van der Waals surface area contributed by atoms with Gasteiger partial charge in [-0.2, -0.15) is 0 Å². The largest absolute Gasteiger partial charge is 0.397 e. The van der Waals surface area contributed by atoms with Crippen molar-refractivity contribution in [1.29, 1.82) is 0 Å². The van der Waals surface area contributed by atoms with E-state index in [2.05, 4.69) is 5.32 Å². The summed E-state index contributed by atoms with van der Waals surface area (Å²) in [6, 6.07) is 3.46. The van der Waals surface area contributed by atoms with Gasteiger partial charge >= 0.3 is 0 Å². The quantitative estimate of drug-likeness (QED) is 0.821. The van der Waals surface area contributed by atoms with Crippen LogP contribution in [0.25, 0.3) is 0 Å². The van der Waals surface area contributed by atoms with Gasteiger partial charge in [-0.15, -0.1) is 0 Å². The molecule has 2 bridgehead atoms. The lowest BCUT2D eigenvalue weighted by molar-refractivity contribution is 0.0923. The predicted octanol–water partition coefficient (Wildman–Crippen LogP) is 3.49. The van der Waals surface area contributed by atoms with Crippen molar-refractivity contribution < 1.29 is 4.79 Å². The van der Waals surface area contributed by atoms with E-state index in [-0.39, 0.29) is 5.91 Å². The second kappa shape index (κ2) is 4.88. The highest BCUT2D eigenvalue weighted by atomic mass is 35.5. The van der Waals surface area contributed by atoms with Gasteiger partial charge in [0.2, 0.25) is 0 Å². The molecule has 1 amide bonds. The molecule has 2 aliphatic rings. The molecule has 3 unspecified atom stereocenters.